The first-order chi connectivity index (χ1) is 8.93. The second-order valence-electron chi connectivity index (χ2n) is 4.73. The van der Waals surface area contributed by atoms with Gasteiger partial charge in [0.25, 0.3) is 0 Å². The van der Waals surface area contributed by atoms with E-state index in [-0.39, 0.29) is 0 Å². The molecule has 2 rings (SSSR count). The quantitative estimate of drug-likeness (QED) is 0.935. The lowest BCUT2D eigenvalue weighted by Crippen LogP contribution is -2.09. The number of aryl methyl sites for hydroxylation is 4. The molecular weight excluding hydrogens is 264 g/mol. The first-order valence-corrected chi connectivity index (χ1v) is 6.72. The summed E-state index contributed by atoms with van der Waals surface area (Å²) in [4.78, 5) is 0. The van der Waals surface area contributed by atoms with E-state index in [4.69, 9.17) is 11.6 Å². The molecule has 1 unspecified atom stereocenters. The summed E-state index contributed by atoms with van der Waals surface area (Å²) in [5.74, 6) is 0. The molecule has 0 saturated heterocycles. The third-order valence-corrected chi connectivity index (χ3v) is 3.67. The zero-order chi connectivity index (χ0) is 14.2. The van der Waals surface area contributed by atoms with E-state index in [2.05, 4.69) is 10.2 Å². The van der Waals surface area contributed by atoms with Gasteiger partial charge in [0.05, 0.1) is 17.5 Å². The van der Waals surface area contributed by atoms with Crippen molar-refractivity contribution in [1.82, 2.24) is 19.6 Å². The Morgan fingerprint density at radius 2 is 2.05 bits per heavy atom. The Balaban J connectivity index is 2.27. The number of hydrogen-bond acceptors (Lipinski definition) is 3. The topological polar surface area (TPSA) is 55.9 Å². The monoisotopic (exact) mass is 282 g/mol. The Morgan fingerprint density at radius 3 is 2.58 bits per heavy atom. The van der Waals surface area contributed by atoms with Crippen molar-refractivity contribution in [3.05, 3.63) is 33.9 Å². The predicted molar refractivity (Wildman–Crippen MR) is 74.3 cm³/mol. The summed E-state index contributed by atoms with van der Waals surface area (Å²) in [6.07, 6.45) is -0.177. The summed E-state index contributed by atoms with van der Waals surface area (Å²) in [5, 5.41) is 19.5. The molecule has 1 N–H and O–H groups in total. The highest BCUT2D eigenvalue weighted by atomic mass is 35.5. The van der Waals surface area contributed by atoms with Crippen molar-refractivity contribution in [2.24, 2.45) is 7.05 Å². The summed E-state index contributed by atoms with van der Waals surface area (Å²) in [5.41, 5.74) is 3.43. The van der Waals surface area contributed by atoms with Gasteiger partial charge in [-0.2, -0.15) is 10.2 Å². The van der Waals surface area contributed by atoms with Crippen LogP contribution in [-0.4, -0.2) is 24.7 Å². The molecule has 0 aliphatic heterocycles. The van der Waals surface area contributed by atoms with Crippen molar-refractivity contribution in [2.45, 2.75) is 39.8 Å². The van der Waals surface area contributed by atoms with Gasteiger partial charge in [0, 0.05) is 31.3 Å². The average molecular weight is 283 g/mol. The minimum atomic E-state index is -0.664. The summed E-state index contributed by atoms with van der Waals surface area (Å²) in [6, 6.07) is 1.99. The highest BCUT2D eigenvalue weighted by Gasteiger charge is 2.21. The van der Waals surface area contributed by atoms with E-state index < -0.39 is 6.10 Å². The van der Waals surface area contributed by atoms with Gasteiger partial charge in [-0.25, -0.2) is 0 Å². The molecule has 2 heterocycles. The molecular formula is C13H19ClN4O. The van der Waals surface area contributed by atoms with Gasteiger partial charge in [-0.1, -0.05) is 11.6 Å². The lowest BCUT2D eigenvalue weighted by Gasteiger charge is -2.11. The van der Waals surface area contributed by atoms with Gasteiger partial charge >= 0.3 is 0 Å². The van der Waals surface area contributed by atoms with Crippen LogP contribution < -0.4 is 0 Å². The number of rotatable bonds is 4. The van der Waals surface area contributed by atoms with Gasteiger partial charge < -0.3 is 5.11 Å². The van der Waals surface area contributed by atoms with Gasteiger partial charge in [0.2, 0.25) is 0 Å². The maximum absolute atomic E-state index is 10.4. The van der Waals surface area contributed by atoms with E-state index in [1.54, 1.807) is 11.7 Å². The van der Waals surface area contributed by atoms with E-state index in [1.165, 1.54) is 0 Å². The highest BCUT2D eigenvalue weighted by Crippen LogP contribution is 2.28. The van der Waals surface area contributed by atoms with Crippen LogP contribution in [0.5, 0.6) is 0 Å². The second-order valence-corrected chi connectivity index (χ2v) is 5.08. The van der Waals surface area contributed by atoms with Crippen molar-refractivity contribution >= 4 is 11.6 Å². The molecule has 0 saturated carbocycles. The molecule has 0 spiro atoms. The normalized spacial score (nSPS) is 12.9. The van der Waals surface area contributed by atoms with Crippen LogP contribution in [0.15, 0.2) is 6.07 Å². The Bertz CT molecular complexity index is 588. The van der Waals surface area contributed by atoms with Crippen molar-refractivity contribution in [3.63, 3.8) is 0 Å². The Kier molecular flexibility index (Phi) is 3.96. The molecule has 104 valence electrons. The van der Waals surface area contributed by atoms with Gasteiger partial charge in [-0.15, -0.1) is 0 Å². The summed E-state index contributed by atoms with van der Waals surface area (Å²) in [6.45, 7) is 6.62. The average Bonchev–Trinajstić information content (AvgIpc) is 2.80. The molecule has 0 aromatic carbocycles. The van der Waals surface area contributed by atoms with Gasteiger partial charge in [-0.05, 0) is 26.8 Å². The molecule has 0 radical (unpaired) electrons. The number of nitrogens with zero attached hydrogens (tertiary/aromatic N) is 4. The van der Waals surface area contributed by atoms with E-state index in [9.17, 15) is 5.11 Å². The van der Waals surface area contributed by atoms with Crippen LogP contribution in [0.2, 0.25) is 5.15 Å². The zero-order valence-corrected chi connectivity index (χ0v) is 12.4. The minimum absolute atomic E-state index is 0.487. The third-order valence-electron chi connectivity index (χ3n) is 3.22. The minimum Gasteiger partial charge on any atom is -0.388 e. The Hall–Kier alpha value is -1.33. The van der Waals surface area contributed by atoms with Gasteiger partial charge in [0.1, 0.15) is 5.15 Å². The molecule has 0 aliphatic carbocycles. The fourth-order valence-corrected chi connectivity index (χ4v) is 2.66. The maximum atomic E-state index is 10.4. The molecule has 1 atom stereocenters. The standard InChI is InChI=1S/C13H19ClN4O/c1-5-18-10(6-8(2)15-18)7-11(19)12-9(3)16-17(4)13(12)14/h6,11,19H,5,7H2,1-4H3. The van der Waals surface area contributed by atoms with Crippen LogP contribution in [0.1, 0.15) is 35.7 Å². The van der Waals surface area contributed by atoms with Crippen LogP contribution in [0, 0.1) is 13.8 Å². The predicted octanol–water partition coefficient (Wildman–Crippen LogP) is 2.18. The molecule has 0 bridgehead atoms. The highest BCUT2D eigenvalue weighted by molar-refractivity contribution is 6.30. The fourth-order valence-electron chi connectivity index (χ4n) is 2.36. The van der Waals surface area contributed by atoms with Crippen molar-refractivity contribution in [1.29, 1.82) is 0 Å². The summed E-state index contributed by atoms with van der Waals surface area (Å²) < 4.78 is 3.48. The molecule has 5 nitrogen and oxygen atoms in total. The van der Waals surface area contributed by atoms with Crippen molar-refractivity contribution in [3.8, 4) is 0 Å². The zero-order valence-electron chi connectivity index (χ0n) is 11.7. The lowest BCUT2D eigenvalue weighted by molar-refractivity contribution is 0.174. The fraction of sp³-hybridized carbons (Fsp3) is 0.538. The smallest absolute Gasteiger partial charge is 0.132 e. The van der Waals surface area contributed by atoms with E-state index >= 15 is 0 Å². The Labute approximate surface area is 117 Å². The summed E-state index contributed by atoms with van der Waals surface area (Å²) in [7, 11) is 1.77. The van der Waals surface area contributed by atoms with Crippen LogP contribution in [-0.2, 0) is 20.0 Å². The number of aromatic nitrogens is 4. The van der Waals surface area contributed by atoms with E-state index in [0.29, 0.717) is 17.1 Å². The number of halogens is 1. The van der Waals surface area contributed by atoms with Gasteiger partial charge in [-0.3, -0.25) is 9.36 Å². The largest absolute Gasteiger partial charge is 0.388 e. The van der Waals surface area contributed by atoms with Crippen molar-refractivity contribution in [2.75, 3.05) is 0 Å². The molecule has 0 amide bonds. The molecule has 2 aromatic heterocycles. The Morgan fingerprint density at radius 1 is 1.37 bits per heavy atom. The first kappa shape index (κ1) is 14.1. The number of aliphatic hydroxyl groups is 1. The van der Waals surface area contributed by atoms with Gasteiger partial charge in [0.15, 0.2) is 0 Å². The molecule has 2 aromatic rings. The molecule has 0 fully saturated rings. The van der Waals surface area contributed by atoms with E-state index in [1.807, 2.05) is 31.5 Å². The summed E-state index contributed by atoms with van der Waals surface area (Å²) >= 11 is 6.17. The molecule has 0 aliphatic rings. The lowest BCUT2D eigenvalue weighted by atomic mass is 10.1. The van der Waals surface area contributed by atoms with Crippen LogP contribution >= 0.6 is 11.6 Å². The van der Waals surface area contributed by atoms with Crippen LogP contribution in [0.4, 0.5) is 0 Å². The third kappa shape index (κ3) is 2.67. The first-order valence-electron chi connectivity index (χ1n) is 6.34. The molecule has 6 heteroatoms. The second kappa shape index (κ2) is 5.35. The maximum Gasteiger partial charge on any atom is 0.132 e. The number of aliphatic hydroxyl groups excluding tert-OH is 1. The molecule has 19 heavy (non-hydrogen) atoms. The van der Waals surface area contributed by atoms with Crippen molar-refractivity contribution < 1.29 is 5.11 Å². The SMILES string of the molecule is CCn1nc(C)cc1CC(O)c1c(C)nn(C)c1Cl. The van der Waals surface area contributed by atoms with Crippen LogP contribution in [0.3, 0.4) is 0 Å². The van der Waals surface area contributed by atoms with E-state index in [0.717, 1.165) is 23.6 Å². The number of hydrogen-bond donors (Lipinski definition) is 1. The van der Waals surface area contributed by atoms with Crippen LogP contribution in [0.25, 0.3) is 0 Å².